The van der Waals surface area contributed by atoms with Crippen LogP contribution in [-0.2, 0) is 23.2 Å². The van der Waals surface area contributed by atoms with Crippen molar-refractivity contribution < 1.29 is 53.2 Å². The summed E-state index contributed by atoms with van der Waals surface area (Å²) in [6, 6.07) is 0. The van der Waals surface area contributed by atoms with Crippen LogP contribution in [0.15, 0.2) is 41.6 Å². The van der Waals surface area contributed by atoms with Crippen molar-refractivity contribution in [3.63, 3.8) is 0 Å². The van der Waals surface area contributed by atoms with Crippen molar-refractivity contribution in [3.05, 3.63) is 41.6 Å². The summed E-state index contributed by atoms with van der Waals surface area (Å²) in [5, 5.41) is 10.9. The second-order valence-corrected chi connectivity index (χ2v) is 11.5. The van der Waals surface area contributed by atoms with Crippen LogP contribution in [0.1, 0.15) is 19.3 Å². The van der Waals surface area contributed by atoms with E-state index in [0.29, 0.717) is 6.61 Å². The standard InChI is InChI=1S/C9H15OSi.C5H5.2ClH.Zr/c1-11(2)9-5-3-4-8(9)6-7-10;1-2-4-5-3-1;;;/h4,10-11H,3,6-7H2,1-2H3;1-3H,4H2;2*1H;/q;;;;+2/p-2. The smallest absolute Gasteiger partial charge is 1.00 e. The fourth-order valence-corrected chi connectivity index (χ4v) is 10.1. The first kappa shape index (κ1) is 19.6. The molecule has 0 atom stereocenters. The fourth-order valence-electron chi connectivity index (χ4n) is 2.57. The van der Waals surface area contributed by atoms with Gasteiger partial charge in [-0.05, 0) is 0 Å². The van der Waals surface area contributed by atoms with Gasteiger partial charge in [0.25, 0.3) is 0 Å². The first-order valence-electron chi connectivity index (χ1n) is 6.38. The SMILES string of the molecule is C[SiH](C)C1=[C]([Zr+2][C]2=CC=CC2)CC=C1CCO.[Cl-].[Cl-]. The van der Waals surface area contributed by atoms with Gasteiger partial charge < -0.3 is 24.8 Å². The Hall–Kier alpha value is 0.600. The number of rotatable bonds is 5. The maximum absolute atomic E-state index is 9.14. The number of halogens is 2. The van der Waals surface area contributed by atoms with Crippen molar-refractivity contribution in [1.29, 1.82) is 0 Å². The zero-order valence-corrected chi connectivity index (χ0v) is 16.5. The summed E-state index contributed by atoms with van der Waals surface area (Å²) < 4.78 is 3.52. The van der Waals surface area contributed by atoms with Crippen molar-refractivity contribution in [2.45, 2.75) is 32.4 Å². The van der Waals surface area contributed by atoms with E-state index < -0.39 is 32.0 Å². The van der Waals surface area contributed by atoms with Gasteiger partial charge >= 0.3 is 118 Å². The molecule has 0 spiro atoms. The van der Waals surface area contributed by atoms with Crippen LogP contribution < -0.4 is 24.8 Å². The number of aliphatic hydroxyl groups is 1. The van der Waals surface area contributed by atoms with Gasteiger partial charge in [0.05, 0.1) is 0 Å². The Morgan fingerprint density at radius 1 is 1.26 bits per heavy atom. The molecule has 0 saturated heterocycles. The maximum Gasteiger partial charge on any atom is -1.00 e. The molecule has 0 saturated carbocycles. The number of hydrogen-bond acceptors (Lipinski definition) is 1. The molecule has 104 valence electrons. The zero-order valence-electron chi connectivity index (χ0n) is 11.4. The first-order valence-corrected chi connectivity index (χ1v) is 11.7. The average molecular weight is 395 g/mol. The van der Waals surface area contributed by atoms with Crippen LogP contribution in [-0.4, -0.2) is 20.5 Å². The van der Waals surface area contributed by atoms with E-state index in [1.807, 2.05) is 0 Å². The second kappa shape index (κ2) is 9.52. The van der Waals surface area contributed by atoms with Gasteiger partial charge in [0.1, 0.15) is 0 Å². The molecular formula is C14H20Cl2OSiZr. The zero-order chi connectivity index (χ0) is 12.3. The third-order valence-electron chi connectivity index (χ3n) is 3.26. The molecular weight excluding hydrogens is 374 g/mol. The van der Waals surface area contributed by atoms with Gasteiger partial charge in [0.2, 0.25) is 0 Å². The van der Waals surface area contributed by atoms with Crippen LogP contribution >= 0.6 is 0 Å². The van der Waals surface area contributed by atoms with Gasteiger partial charge in [-0.25, -0.2) is 0 Å². The van der Waals surface area contributed by atoms with Gasteiger partial charge in [0, 0.05) is 0 Å². The van der Waals surface area contributed by atoms with Crippen LogP contribution in [0, 0.1) is 0 Å². The van der Waals surface area contributed by atoms with E-state index in [0.717, 1.165) is 6.42 Å². The largest absolute Gasteiger partial charge is 1.00 e. The van der Waals surface area contributed by atoms with E-state index in [9.17, 15) is 0 Å². The van der Waals surface area contributed by atoms with E-state index in [2.05, 4.69) is 37.4 Å². The summed E-state index contributed by atoms with van der Waals surface area (Å²) in [4.78, 5) is 0. The van der Waals surface area contributed by atoms with E-state index in [-0.39, 0.29) is 24.8 Å². The molecule has 5 heteroatoms. The van der Waals surface area contributed by atoms with Gasteiger partial charge in [-0.2, -0.15) is 0 Å². The first-order chi connectivity index (χ1) is 8.22. The summed E-state index contributed by atoms with van der Waals surface area (Å²) >= 11 is -0.497. The monoisotopic (exact) mass is 392 g/mol. The molecule has 0 aliphatic heterocycles. The fraction of sp³-hybridized carbons (Fsp3) is 0.429. The maximum atomic E-state index is 9.14. The minimum atomic E-state index is -0.736. The predicted octanol–water partition coefficient (Wildman–Crippen LogP) is -3.09. The Morgan fingerprint density at radius 2 is 2.00 bits per heavy atom. The van der Waals surface area contributed by atoms with Crippen molar-refractivity contribution >= 4 is 8.80 Å². The van der Waals surface area contributed by atoms with E-state index in [1.165, 1.54) is 18.4 Å². The van der Waals surface area contributed by atoms with Gasteiger partial charge in [-0.15, -0.1) is 0 Å². The van der Waals surface area contributed by atoms with Crippen molar-refractivity contribution in [1.82, 2.24) is 0 Å². The third kappa shape index (κ3) is 5.13. The van der Waals surface area contributed by atoms with Crippen molar-refractivity contribution in [3.8, 4) is 0 Å². The molecule has 0 aromatic carbocycles. The molecule has 1 nitrogen and oxygen atoms in total. The molecule has 2 aliphatic carbocycles. The number of allylic oxidation sites excluding steroid dienone is 7. The number of hydrogen-bond donors (Lipinski definition) is 1. The van der Waals surface area contributed by atoms with Crippen LogP contribution in [0.5, 0.6) is 0 Å². The Kier molecular flexibility index (Phi) is 9.82. The Bertz CT molecular complexity index is 425. The minimum absolute atomic E-state index is 0. The van der Waals surface area contributed by atoms with Crippen LogP contribution in [0.25, 0.3) is 0 Å². The third-order valence-corrected chi connectivity index (χ3v) is 9.45. The van der Waals surface area contributed by atoms with E-state index in [4.69, 9.17) is 5.11 Å². The van der Waals surface area contributed by atoms with Crippen LogP contribution in [0.3, 0.4) is 0 Å². The molecule has 0 radical (unpaired) electrons. The molecule has 2 rings (SSSR count). The van der Waals surface area contributed by atoms with E-state index in [1.54, 1.807) is 11.8 Å². The van der Waals surface area contributed by atoms with Gasteiger partial charge in [-0.1, -0.05) is 0 Å². The van der Waals surface area contributed by atoms with Crippen molar-refractivity contribution in [2.75, 3.05) is 6.61 Å². The summed E-state index contributed by atoms with van der Waals surface area (Å²) in [6.07, 6.45) is 12.5. The molecule has 19 heavy (non-hydrogen) atoms. The summed E-state index contributed by atoms with van der Waals surface area (Å²) in [6.45, 7) is 5.15. The molecule has 0 amide bonds. The average Bonchev–Trinajstić information content (AvgIpc) is 2.89. The molecule has 0 heterocycles. The normalized spacial score (nSPS) is 16.8. The molecule has 0 aromatic rings. The molecule has 0 aromatic heterocycles. The Labute approximate surface area is 141 Å². The van der Waals surface area contributed by atoms with Gasteiger partial charge in [-0.3, -0.25) is 0 Å². The van der Waals surface area contributed by atoms with E-state index >= 15 is 0 Å². The van der Waals surface area contributed by atoms with Crippen LogP contribution in [0.2, 0.25) is 13.1 Å². The summed E-state index contributed by atoms with van der Waals surface area (Å²) in [7, 11) is -0.736. The molecule has 0 bridgehead atoms. The molecule has 0 unspecified atom stereocenters. The molecule has 2 aliphatic rings. The summed E-state index contributed by atoms with van der Waals surface area (Å²) in [5.74, 6) is 0. The predicted molar refractivity (Wildman–Crippen MR) is 72.1 cm³/mol. The minimum Gasteiger partial charge on any atom is -1.00 e. The summed E-state index contributed by atoms with van der Waals surface area (Å²) in [5.41, 5.74) is 1.48. The van der Waals surface area contributed by atoms with Crippen LogP contribution in [0.4, 0.5) is 0 Å². The Morgan fingerprint density at radius 3 is 2.53 bits per heavy atom. The Balaban J connectivity index is 0.00000162. The second-order valence-electron chi connectivity index (χ2n) is 4.90. The number of aliphatic hydroxyl groups excluding tert-OH is 1. The molecule has 1 N–H and O–H groups in total. The molecule has 0 fully saturated rings. The van der Waals surface area contributed by atoms with Crippen molar-refractivity contribution in [2.24, 2.45) is 0 Å². The topological polar surface area (TPSA) is 20.2 Å². The quantitative estimate of drug-likeness (QED) is 0.491. The van der Waals surface area contributed by atoms with Gasteiger partial charge in [0.15, 0.2) is 0 Å².